The van der Waals surface area contributed by atoms with E-state index in [9.17, 15) is 17.8 Å². The zero-order chi connectivity index (χ0) is 17.7. The van der Waals surface area contributed by atoms with Gasteiger partial charge in [-0.05, 0) is 35.8 Å². The van der Waals surface area contributed by atoms with Crippen LogP contribution >= 0.6 is 10.8 Å². The fourth-order valence-corrected chi connectivity index (χ4v) is 3.85. The van der Waals surface area contributed by atoms with Gasteiger partial charge in [0.2, 0.25) is 5.91 Å². The summed E-state index contributed by atoms with van der Waals surface area (Å²) in [5, 5.41) is 2.88. The normalized spacial score (nSPS) is 10.9. The molecule has 5 nitrogen and oxygen atoms in total. The monoisotopic (exact) mass is 395 g/mol. The standard InChI is InChI=1S/C17H27NO4S2.Na/c19-17(18-16-12-8-7-9-13-16)14-10-5-3-1-2-4-6-11-15-23-24(20,21)22;/h7-9,12-13H,1-6,10-11,14-15H2,(H,18,19)(H,20,21,22);/q;+1/p-1. The Bertz CT molecular complexity index is 567. The molecule has 0 saturated carbocycles. The zero-order valence-electron chi connectivity index (χ0n) is 14.9. The predicted octanol–water partition coefficient (Wildman–Crippen LogP) is 1.33. The van der Waals surface area contributed by atoms with Crippen LogP contribution in [0.25, 0.3) is 0 Å². The van der Waals surface area contributed by atoms with E-state index >= 15 is 0 Å². The summed E-state index contributed by atoms with van der Waals surface area (Å²) >= 11 is 0. The van der Waals surface area contributed by atoms with Gasteiger partial charge < -0.3 is 9.87 Å². The molecule has 0 atom stereocenters. The number of nitrogens with one attached hydrogen (secondary N) is 1. The zero-order valence-corrected chi connectivity index (χ0v) is 18.5. The number of hydrogen-bond donors (Lipinski definition) is 1. The average molecular weight is 396 g/mol. The first-order valence-electron chi connectivity index (χ1n) is 8.42. The third kappa shape index (κ3) is 15.9. The molecule has 1 aromatic carbocycles. The summed E-state index contributed by atoms with van der Waals surface area (Å²) in [5.74, 6) is 0.453. The van der Waals surface area contributed by atoms with Crippen LogP contribution in [0.2, 0.25) is 0 Å². The molecule has 0 saturated heterocycles. The Kier molecular flexibility index (Phi) is 15.0. The molecule has 1 amide bonds. The van der Waals surface area contributed by atoms with Crippen molar-refractivity contribution in [2.24, 2.45) is 0 Å². The van der Waals surface area contributed by atoms with Gasteiger partial charge in [-0.3, -0.25) is 4.79 Å². The molecular weight excluding hydrogens is 369 g/mol. The summed E-state index contributed by atoms with van der Waals surface area (Å²) in [5.41, 5.74) is 0.838. The molecule has 1 rings (SSSR count). The van der Waals surface area contributed by atoms with Crippen LogP contribution in [-0.2, 0) is 13.9 Å². The van der Waals surface area contributed by atoms with E-state index in [0.717, 1.165) is 57.1 Å². The molecule has 136 valence electrons. The van der Waals surface area contributed by atoms with Crippen molar-refractivity contribution in [3.63, 3.8) is 0 Å². The Hall–Kier alpha value is -0.0500. The molecule has 0 bridgehead atoms. The fourth-order valence-electron chi connectivity index (χ4n) is 2.35. The summed E-state index contributed by atoms with van der Waals surface area (Å²) in [6.07, 6.45) is 8.65. The first-order valence-corrected chi connectivity index (χ1v) is 11.3. The van der Waals surface area contributed by atoms with Crippen molar-refractivity contribution in [3.05, 3.63) is 30.3 Å². The topological polar surface area (TPSA) is 86.3 Å². The van der Waals surface area contributed by atoms with Gasteiger partial charge in [0, 0.05) is 17.9 Å². The first-order chi connectivity index (χ1) is 11.5. The third-order valence-corrected chi connectivity index (χ3v) is 5.69. The van der Waals surface area contributed by atoms with Crippen LogP contribution in [0.15, 0.2) is 30.3 Å². The fraction of sp³-hybridized carbons (Fsp3) is 0.588. The van der Waals surface area contributed by atoms with Gasteiger partial charge in [0.25, 0.3) is 0 Å². The molecule has 0 aromatic heterocycles. The van der Waals surface area contributed by atoms with Crippen molar-refractivity contribution in [1.82, 2.24) is 0 Å². The Balaban J connectivity index is 0.00000576. The number of para-hydroxylation sites is 1. The molecule has 0 heterocycles. The van der Waals surface area contributed by atoms with Crippen molar-refractivity contribution in [1.29, 1.82) is 0 Å². The largest absolute Gasteiger partial charge is 1.00 e. The van der Waals surface area contributed by atoms with Gasteiger partial charge in [-0.2, -0.15) is 0 Å². The van der Waals surface area contributed by atoms with Gasteiger partial charge in [-0.1, -0.05) is 56.7 Å². The molecule has 8 heteroatoms. The molecule has 1 aromatic rings. The molecule has 0 unspecified atom stereocenters. The molecule has 0 fully saturated rings. The second kappa shape index (κ2) is 15.1. The number of carbonyl (C=O) groups is 1. The van der Waals surface area contributed by atoms with Crippen LogP contribution in [0.1, 0.15) is 57.8 Å². The van der Waals surface area contributed by atoms with Crippen molar-refractivity contribution in [2.75, 3.05) is 11.1 Å². The average Bonchev–Trinajstić information content (AvgIpc) is 2.52. The number of carbonyl (C=O) groups excluding carboxylic acids is 1. The maximum absolute atomic E-state index is 11.7. The number of anilines is 1. The van der Waals surface area contributed by atoms with Gasteiger partial charge in [0.05, 0.1) is 0 Å². The van der Waals surface area contributed by atoms with E-state index in [1.54, 1.807) is 0 Å². The summed E-state index contributed by atoms with van der Waals surface area (Å²) in [4.78, 5) is 11.7. The van der Waals surface area contributed by atoms with E-state index in [1.807, 2.05) is 30.3 Å². The maximum atomic E-state index is 11.7. The van der Waals surface area contributed by atoms with E-state index in [2.05, 4.69) is 5.32 Å². The second-order valence-corrected chi connectivity index (χ2v) is 9.12. The minimum absolute atomic E-state index is 0. The number of benzene rings is 1. The summed E-state index contributed by atoms with van der Waals surface area (Å²) in [7, 11) is -3.63. The predicted molar refractivity (Wildman–Crippen MR) is 98.8 cm³/mol. The van der Waals surface area contributed by atoms with E-state index in [-0.39, 0.29) is 35.5 Å². The molecule has 0 aliphatic rings. The van der Waals surface area contributed by atoms with Crippen molar-refractivity contribution in [3.8, 4) is 0 Å². The number of hydrogen-bond acceptors (Lipinski definition) is 5. The van der Waals surface area contributed by atoms with Gasteiger partial charge >= 0.3 is 29.6 Å². The minimum Gasteiger partial charge on any atom is -0.739 e. The quantitative estimate of drug-likeness (QED) is 0.236. The SMILES string of the molecule is O=C(CCCCCCCCCCSS(=O)(=O)[O-])Nc1ccccc1.[Na+]. The van der Waals surface area contributed by atoms with Crippen LogP contribution < -0.4 is 34.9 Å². The maximum Gasteiger partial charge on any atom is 1.00 e. The summed E-state index contributed by atoms with van der Waals surface area (Å²) < 4.78 is 31.2. The molecule has 0 aliphatic carbocycles. The van der Waals surface area contributed by atoms with Crippen LogP contribution in [-0.4, -0.2) is 24.6 Å². The van der Waals surface area contributed by atoms with Crippen LogP contribution in [0, 0.1) is 0 Å². The Morgan fingerprint density at radius 2 is 1.44 bits per heavy atom. The summed E-state index contributed by atoms with van der Waals surface area (Å²) in [6, 6.07) is 9.47. The molecule has 25 heavy (non-hydrogen) atoms. The second-order valence-electron chi connectivity index (χ2n) is 5.72. The van der Waals surface area contributed by atoms with Gasteiger partial charge in [0.15, 0.2) is 0 Å². The van der Waals surface area contributed by atoms with Gasteiger partial charge in [0.1, 0.15) is 9.15 Å². The number of amides is 1. The molecule has 0 spiro atoms. The van der Waals surface area contributed by atoms with E-state index in [1.165, 1.54) is 0 Å². The van der Waals surface area contributed by atoms with Crippen molar-refractivity contribution < 1.29 is 47.3 Å². The number of rotatable bonds is 13. The van der Waals surface area contributed by atoms with Crippen LogP contribution in [0.4, 0.5) is 5.69 Å². The summed E-state index contributed by atoms with van der Waals surface area (Å²) in [6.45, 7) is 0. The van der Waals surface area contributed by atoms with Gasteiger partial charge in [-0.25, -0.2) is 8.42 Å². The van der Waals surface area contributed by atoms with E-state index in [4.69, 9.17) is 0 Å². The van der Waals surface area contributed by atoms with Crippen molar-refractivity contribution >= 4 is 31.5 Å². The Morgan fingerprint density at radius 1 is 0.920 bits per heavy atom. The van der Waals surface area contributed by atoms with Gasteiger partial charge in [-0.15, -0.1) is 0 Å². The Labute approximate surface area is 177 Å². The van der Waals surface area contributed by atoms with Crippen LogP contribution in [0.3, 0.4) is 0 Å². The van der Waals surface area contributed by atoms with Crippen LogP contribution in [0.5, 0.6) is 0 Å². The first kappa shape index (κ1) is 24.9. The van der Waals surface area contributed by atoms with Crippen molar-refractivity contribution in [2.45, 2.75) is 57.8 Å². The molecule has 1 N–H and O–H groups in total. The smallest absolute Gasteiger partial charge is 0.739 e. The van der Waals surface area contributed by atoms with E-state index < -0.39 is 9.15 Å². The number of unbranched alkanes of at least 4 members (excludes halogenated alkanes) is 7. The molecule has 0 aliphatic heterocycles. The minimum atomic E-state index is -4.12. The third-order valence-electron chi connectivity index (χ3n) is 3.58. The van der Waals surface area contributed by atoms with E-state index in [0.29, 0.717) is 23.0 Å². The Morgan fingerprint density at radius 3 is 2.00 bits per heavy atom. The molecular formula is C17H26NNaO4S2. The molecule has 0 radical (unpaired) electrons.